The zero-order valence-corrected chi connectivity index (χ0v) is 9.88. The van der Waals surface area contributed by atoms with Crippen LogP contribution in [0.3, 0.4) is 0 Å². The summed E-state index contributed by atoms with van der Waals surface area (Å²) in [5.41, 5.74) is 4.52. The molecular weight excluding hydrogens is 196 g/mol. The highest BCUT2D eigenvalue weighted by molar-refractivity contribution is 5.81. The van der Waals surface area contributed by atoms with Crippen LogP contribution in [0.25, 0.3) is 0 Å². The number of hydrogen-bond donors (Lipinski definition) is 0. The Morgan fingerprint density at radius 2 is 2.06 bits per heavy atom. The van der Waals surface area contributed by atoms with Gasteiger partial charge in [0.05, 0.1) is 0 Å². The fraction of sp³-hybridized carbons (Fsp3) is 0.533. The molecule has 0 N–H and O–H groups in total. The van der Waals surface area contributed by atoms with Gasteiger partial charge in [-0.2, -0.15) is 0 Å². The molecule has 0 aliphatic heterocycles. The summed E-state index contributed by atoms with van der Waals surface area (Å²) in [5.74, 6) is 0.473. The van der Waals surface area contributed by atoms with E-state index >= 15 is 0 Å². The standard InChI is InChI=1S/C15H18O/c1-11-4-5-12-6-8-15(14(12)9-11)7-2-3-13(16)10-15/h4-5,9H,2-3,6-8,10H2,1H3. The molecule has 2 aliphatic carbocycles. The van der Waals surface area contributed by atoms with Crippen molar-refractivity contribution in [3.63, 3.8) is 0 Å². The van der Waals surface area contributed by atoms with Gasteiger partial charge in [-0.3, -0.25) is 4.79 Å². The number of fused-ring (bicyclic) bond motifs is 2. The molecule has 0 bridgehead atoms. The van der Waals surface area contributed by atoms with Crippen molar-refractivity contribution in [2.75, 3.05) is 0 Å². The van der Waals surface area contributed by atoms with E-state index in [0.717, 1.165) is 19.3 Å². The molecule has 0 saturated heterocycles. The lowest BCUT2D eigenvalue weighted by molar-refractivity contribution is -0.122. The number of hydrogen-bond acceptors (Lipinski definition) is 1. The summed E-state index contributed by atoms with van der Waals surface area (Å²) in [6, 6.07) is 6.78. The van der Waals surface area contributed by atoms with Gasteiger partial charge < -0.3 is 0 Å². The Balaban J connectivity index is 2.06. The minimum Gasteiger partial charge on any atom is -0.300 e. The normalized spacial score (nSPS) is 28.4. The third kappa shape index (κ3) is 1.41. The SMILES string of the molecule is Cc1ccc2c(c1)C1(CCCC(=O)C1)CC2. The lowest BCUT2D eigenvalue weighted by Crippen LogP contribution is -2.30. The van der Waals surface area contributed by atoms with Crippen LogP contribution in [0.1, 0.15) is 48.8 Å². The van der Waals surface area contributed by atoms with Gasteiger partial charge >= 0.3 is 0 Å². The summed E-state index contributed by atoms with van der Waals surface area (Å²) >= 11 is 0. The minimum atomic E-state index is 0.219. The molecule has 1 aromatic carbocycles. The Bertz CT molecular complexity index is 443. The largest absolute Gasteiger partial charge is 0.300 e. The smallest absolute Gasteiger partial charge is 0.133 e. The minimum absolute atomic E-state index is 0.219. The Kier molecular flexibility index (Phi) is 2.17. The first kappa shape index (κ1) is 10.1. The van der Waals surface area contributed by atoms with Gasteiger partial charge in [0.2, 0.25) is 0 Å². The topological polar surface area (TPSA) is 17.1 Å². The highest BCUT2D eigenvalue weighted by atomic mass is 16.1. The maximum atomic E-state index is 11.7. The maximum Gasteiger partial charge on any atom is 0.133 e. The monoisotopic (exact) mass is 214 g/mol. The van der Waals surface area contributed by atoms with Crippen LogP contribution in [0.4, 0.5) is 0 Å². The van der Waals surface area contributed by atoms with E-state index in [-0.39, 0.29) is 5.41 Å². The molecule has 16 heavy (non-hydrogen) atoms. The summed E-state index contributed by atoms with van der Waals surface area (Å²) in [6.45, 7) is 2.15. The van der Waals surface area contributed by atoms with Crippen molar-refractivity contribution in [1.29, 1.82) is 0 Å². The van der Waals surface area contributed by atoms with Gasteiger partial charge in [0.25, 0.3) is 0 Å². The molecule has 2 aliphatic rings. The van der Waals surface area contributed by atoms with Gasteiger partial charge in [-0.15, -0.1) is 0 Å². The van der Waals surface area contributed by atoms with Crippen molar-refractivity contribution in [3.05, 3.63) is 34.9 Å². The lowest BCUT2D eigenvalue weighted by Gasteiger charge is -2.33. The van der Waals surface area contributed by atoms with Crippen molar-refractivity contribution in [2.24, 2.45) is 0 Å². The molecule has 0 amide bonds. The van der Waals surface area contributed by atoms with Crippen LogP contribution in [-0.2, 0) is 16.6 Å². The summed E-state index contributed by atoms with van der Waals surface area (Å²) in [5, 5.41) is 0. The van der Waals surface area contributed by atoms with Crippen molar-refractivity contribution < 1.29 is 4.79 Å². The zero-order chi connectivity index (χ0) is 11.2. The first-order valence-electron chi connectivity index (χ1n) is 6.31. The van der Waals surface area contributed by atoms with E-state index in [1.54, 1.807) is 0 Å². The van der Waals surface area contributed by atoms with Crippen LogP contribution in [0.15, 0.2) is 18.2 Å². The van der Waals surface area contributed by atoms with Crippen LogP contribution in [0, 0.1) is 6.92 Å². The Morgan fingerprint density at radius 3 is 2.88 bits per heavy atom. The molecule has 1 unspecified atom stereocenters. The van der Waals surface area contributed by atoms with E-state index < -0.39 is 0 Å². The van der Waals surface area contributed by atoms with Crippen LogP contribution < -0.4 is 0 Å². The molecule has 1 spiro atoms. The van der Waals surface area contributed by atoms with Gasteiger partial charge in [0, 0.05) is 18.3 Å². The van der Waals surface area contributed by atoms with Crippen LogP contribution in [-0.4, -0.2) is 5.78 Å². The van der Waals surface area contributed by atoms with Crippen LogP contribution in [0.2, 0.25) is 0 Å². The highest BCUT2D eigenvalue weighted by Gasteiger charge is 2.41. The molecule has 1 heteroatoms. The number of Topliss-reactive ketones (excluding diaryl/α,β-unsaturated/α-hetero) is 1. The van der Waals surface area contributed by atoms with E-state index in [1.807, 2.05) is 0 Å². The van der Waals surface area contributed by atoms with Gasteiger partial charge in [-0.05, 0) is 43.7 Å². The molecule has 1 aromatic rings. The van der Waals surface area contributed by atoms with Crippen LogP contribution >= 0.6 is 0 Å². The molecule has 3 rings (SSSR count). The Hall–Kier alpha value is -1.11. The fourth-order valence-corrected chi connectivity index (χ4v) is 3.53. The Labute approximate surface area is 96.9 Å². The highest BCUT2D eigenvalue weighted by Crippen LogP contribution is 2.47. The predicted octanol–water partition coefficient (Wildman–Crippen LogP) is 3.32. The van der Waals surface area contributed by atoms with Gasteiger partial charge in [0.15, 0.2) is 0 Å². The second-order valence-corrected chi connectivity index (χ2v) is 5.51. The number of carbonyl (C=O) groups excluding carboxylic acids is 1. The summed E-state index contributed by atoms with van der Waals surface area (Å²) in [4.78, 5) is 11.7. The van der Waals surface area contributed by atoms with E-state index in [2.05, 4.69) is 25.1 Å². The average molecular weight is 214 g/mol. The summed E-state index contributed by atoms with van der Waals surface area (Å²) in [6.07, 6.45) is 6.27. The van der Waals surface area contributed by atoms with E-state index in [0.29, 0.717) is 5.78 Å². The predicted molar refractivity (Wildman–Crippen MR) is 64.7 cm³/mol. The zero-order valence-electron chi connectivity index (χ0n) is 9.88. The van der Waals surface area contributed by atoms with E-state index in [4.69, 9.17) is 0 Å². The summed E-state index contributed by atoms with van der Waals surface area (Å²) in [7, 11) is 0. The second-order valence-electron chi connectivity index (χ2n) is 5.51. The van der Waals surface area contributed by atoms with E-state index in [1.165, 1.54) is 36.0 Å². The molecule has 0 aromatic heterocycles. The average Bonchev–Trinajstić information content (AvgIpc) is 2.58. The molecule has 0 heterocycles. The number of rotatable bonds is 0. The maximum absolute atomic E-state index is 11.7. The third-order valence-electron chi connectivity index (χ3n) is 4.36. The first-order chi connectivity index (χ1) is 7.70. The van der Waals surface area contributed by atoms with Gasteiger partial charge in [0.1, 0.15) is 5.78 Å². The quantitative estimate of drug-likeness (QED) is 0.647. The molecule has 1 saturated carbocycles. The molecule has 1 atom stereocenters. The fourth-order valence-electron chi connectivity index (χ4n) is 3.53. The van der Waals surface area contributed by atoms with Crippen molar-refractivity contribution >= 4 is 5.78 Å². The number of aryl methyl sites for hydroxylation is 2. The third-order valence-corrected chi connectivity index (χ3v) is 4.36. The number of benzene rings is 1. The van der Waals surface area contributed by atoms with Crippen LogP contribution in [0.5, 0.6) is 0 Å². The van der Waals surface area contributed by atoms with Crippen molar-refractivity contribution in [3.8, 4) is 0 Å². The molecule has 84 valence electrons. The summed E-state index contributed by atoms with van der Waals surface area (Å²) < 4.78 is 0. The van der Waals surface area contributed by atoms with Crippen molar-refractivity contribution in [2.45, 2.75) is 50.9 Å². The number of ketones is 1. The van der Waals surface area contributed by atoms with Gasteiger partial charge in [-0.1, -0.05) is 23.8 Å². The Morgan fingerprint density at radius 1 is 1.19 bits per heavy atom. The number of carbonyl (C=O) groups is 1. The molecular formula is C15H18O. The van der Waals surface area contributed by atoms with E-state index in [9.17, 15) is 4.79 Å². The molecule has 1 nitrogen and oxygen atoms in total. The molecule has 0 radical (unpaired) electrons. The lowest BCUT2D eigenvalue weighted by atomic mass is 9.69. The van der Waals surface area contributed by atoms with Crippen molar-refractivity contribution in [1.82, 2.24) is 0 Å². The second kappa shape index (κ2) is 3.44. The molecule has 1 fully saturated rings. The first-order valence-corrected chi connectivity index (χ1v) is 6.31. The van der Waals surface area contributed by atoms with Gasteiger partial charge in [-0.25, -0.2) is 0 Å².